The van der Waals surface area contributed by atoms with E-state index in [1.54, 1.807) is 14.2 Å². The molecule has 1 fully saturated rings. The van der Waals surface area contributed by atoms with Crippen LogP contribution < -0.4 is 0 Å². The van der Waals surface area contributed by atoms with Crippen molar-refractivity contribution in [1.29, 1.82) is 0 Å². The van der Waals surface area contributed by atoms with Crippen molar-refractivity contribution in [2.45, 2.75) is 44.6 Å². The molecule has 0 aromatic rings. The van der Waals surface area contributed by atoms with Crippen molar-refractivity contribution in [3.63, 3.8) is 0 Å². The van der Waals surface area contributed by atoms with Gasteiger partial charge in [-0.15, -0.1) is 0 Å². The fraction of sp³-hybridized carbons (Fsp3) is 1.00. The average Bonchev–Trinajstić information content (AvgIpc) is 2.67. The first-order valence-corrected chi connectivity index (χ1v) is 6.34. The molecule has 0 aromatic heterocycles. The molecule has 0 amide bonds. The molecule has 1 aliphatic heterocycles. The minimum atomic E-state index is 0.00123. The molecule has 0 unspecified atom stereocenters. The topological polar surface area (TPSA) is 27.7 Å². The summed E-state index contributed by atoms with van der Waals surface area (Å²) >= 11 is 0. The van der Waals surface area contributed by atoms with Crippen molar-refractivity contribution < 1.29 is 14.2 Å². The molecule has 0 saturated carbocycles. The van der Waals surface area contributed by atoms with E-state index in [0.717, 1.165) is 39.1 Å². The summed E-state index contributed by atoms with van der Waals surface area (Å²) < 4.78 is 16.3. The third kappa shape index (κ3) is 4.40. The van der Waals surface area contributed by atoms with Gasteiger partial charge in [-0.3, -0.25) is 0 Å². The van der Waals surface area contributed by atoms with Crippen LogP contribution in [0.4, 0.5) is 0 Å². The van der Waals surface area contributed by atoms with Gasteiger partial charge in [-0.05, 0) is 38.0 Å². The first-order chi connectivity index (χ1) is 7.72. The molecule has 1 heterocycles. The second-order valence-corrected chi connectivity index (χ2v) is 5.01. The fourth-order valence-corrected chi connectivity index (χ4v) is 2.67. The van der Waals surface area contributed by atoms with Gasteiger partial charge in [0.2, 0.25) is 0 Å². The lowest BCUT2D eigenvalue weighted by Crippen LogP contribution is -2.35. The predicted molar refractivity (Wildman–Crippen MR) is 64.7 cm³/mol. The average molecular weight is 230 g/mol. The molecule has 1 rings (SSSR count). The van der Waals surface area contributed by atoms with Gasteiger partial charge in [-0.2, -0.15) is 0 Å². The maximum atomic E-state index is 5.90. The Morgan fingerprint density at radius 1 is 1.31 bits per heavy atom. The van der Waals surface area contributed by atoms with Gasteiger partial charge in [-0.1, -0.05) is 6.92 Å². The van der Waals surface area contributed by atoms with Gasteiger partial charge < -0.3 is 14.2 Å². The lowest BCUT2D eigenvalue weighted by atomic mass is 9.87. The molecule has 3 nitrogen and oxygen atoms in total. The van der Waals surface area contributed by atoms with E-state index in [2.05, 4.69) is 6.92 Å². The molecule has 1 saturated heterocycles. The Balaban J connectivity index is 2.30. The van der Waals surface area contributed by atoms with E-state index in [0.29, 0.717) is 5.92 Å². The lowest BCUT2D eigenvalue weighted by Gasteiger charge is -2.30. The summed E-state index contributed by atoms with van der Waals surface area (Å²) in [6.45, 7) is 4.80. The monoisotopic (exact) mass is 230 g/mol. The van der Waals surface area contributed by atoms with Crippen LogP contribution in [0.1, 0.15) is 39.0 Å². The summed E-state index contributed by atoms with van der Waals surface area (Å²) in [5.74, 6) is 0.684. The Morgan fingerprint density at radius 3 is 2.69 bits per heavy atom. The molecule has 0 spiro atoms. The molecule has 0 bridgehead atoms. The molecule has 0 N–H and O–H groups in total. The third-order valence-corrected chi connectivity index (χ3v) is 3.36. The van der Waals surface area contributed by atoms with E-state index >= 15 is 0 Å². The smallest absolute Gasteiger partial charge is 0.0918 e. The molecule has 0 radical (unpaired) electrons. The van der Waals surface area contributed by atoms with Crippen molar-refractivity contribution in [2.24, 2.45) is 5.92 Å². The van der Waals surface area contributed by atoms with Crippen LogP contribution in [0.5, 0.6) is 0 Å². The molecule has 16 heavy (non-hydrogen) atoms. The van der Waals surface area contributed by atoms with Crippen LogP contribution in [0.25, 0.3) is 0 Å². The van der Waals surface area contributed by atoms with Crippen LogP contribution in [-0.2, 0) is 14.2 Å². The van der Waals surface area contributed by atoms with Crippen LogP contribution in [0, 0.1) is 5.92 Å². The Kier molecular flexibility index (Phi) is 6.32. The van der Waals surface area contributed by atoms with Gasteiger partial charge >= 0.3 is 0 Å². The molecule has 96 valence electrons. The maximum Gasteiger partial charge on any atom is 0.0918 e. The molecule has 0 aromatic carbocycles. The van der Waals surface area contributed by atoms with Crippen molar-refractivity contribution in [3.8, 4) is 0 Å². The maximum absolute atomic E-state index is 5.90. The van der Waals surface area contributed by atoms with Gasteiger partial charge in [0.05, 0.1) is 12.2 Å². The largest absolute Gasteiger partial charge is 0.385 e. The standard InChI is InChI=1S/C13H26O3/c1-12(6-4-8-14-2)10-13(11-15-3)7-5-9-16-13/h12H,4-11H2,1-3H3/t12-,13-/m1/s1. The quantitative estimate of drug-likeness (QED) is 0.600. The minimum Gasteiger partial charge on any atom is -0.385 e. The normalized spacial score (nSPS) is 27.2. The Labute approximate surface area is 99.5 Å². The Morgan fingerprint density at radius 2 is 2.12 bits per heavy atom. The highest BCUT2D eigenvalue weighted by molar-refractivity contribution is 4.86. The van der Waals surface area contributed by atoms with Crippen LogP contribution in [0.2, 0.25) is 0 Å². The minimum absolute atomic E-state index is 0.00123. The lowest BCUT2D eigenvalue weighted by molar-refractivity contribution is -0.0654. The Bertz CT molecular complexity index is 176. The van der Waals surface area contributed by atoms with Crippen molar-refractivity contribution in [2.75, 3.05) is 34.0 Å². The van der Waals surface area contributed by atoms with Gasteiger partial charge in [0.25, 0.3) is 0 Å². The molecular formula is C13H26O3. The first-order valence-electron chi connectivity index (χ1n) is 6.34. The molecule has 1 aliphatic rings. The van der Waals surface area contributed by atoms with E-state index in [9.17, 15) is 0 Å². The Hall–Kier alpha value is -0.120. The molecule has 2 atom stereocenters. The van der Waals surface area contributed by atoms with Gasteiger partial charge in [0.1, 0.15) is 0 Å². The SMILES string of the molecule is COCCC[C@@H](C)C[C@@]1(COC)CCCO1. The highest BCUT2D eigenvalue weighted by atomic mass is 16.5. The highest BCUT2D eigenvalue weighted by Crippen LogP contribution is 2.33. The van der Waals surface area contributed by atoms with Crippen molar-refractivity contribution in [1.82, 2.24) is 0 Å². The van der Waals surface area contributed by atoms with Gasteiger partial charge in [-0.25, -0.2) is 0 Å². The van der Waals surface area contributed by atoms with E-state index in [-0.39, 0.29) is 5.60 Å². The van der Waals surface area contributed by atoms with Gasteiger partial charge in [0, 0.05) is 27.4 Å². The first kappa shape index (κ1) is 13.9. The fourth-order valence-electron chi connectivity index (χ4n) is 2.67. The van der Waals surface area contributed by atoms with Gasteiger partial charge in [0.15, 0.2) is 0 Å². The molecular weight excluding hydrogens is 204 g/mol. The number of ether oxygens (including phenoxy) is 3. The number of rotatable bonds is 8. The number of methoxy groups -OCH3 is 2. The van der Waals surface area contributed by atoms with E-state index < -0.39 is 0 Å². The zero-order valence-electron chi connectivity index (χ0n) is 11.0. The van der Waals surface area contributed by atoms with E-state index in [1.165, 1.54) is 12.8 Å². The summed E-state index contributed by atoms with van der Waals surface area (Å²) in [4.78, 5) is 0. The van der Waals surface area contributed by atoms with Crippen LogP contribution >= 0.6 is 0 Å². The summed E-state index contributed by atoms with van der Waals surface area (Å²) in [6, 6.07) is 0. The second kappa shape index (κ2) is 7.25. The zero-order chi connectivity index (χ0) is 11.9. The molecule has 0 aliphatic carbocycles. The summed E-state index contributed by atoms with van der Waals surface area (Å²) in [6.07, 6.45) is 5.79. The summed E-state index contributed by atoms with van der Waals surface area (Å²) in [5, 5.41) is 0. The number of hydrogen-bond donors (Lipinski definition) is 0. The van der Waals surface area contributed by atoms with Crippen LogP contribution in [0.3, 0.4) is 0 Å². The van der Waals surface area contributed by atoms with E-state index in [4.69, 9.17) is 14.2 Å². The summed E-state index contributed by atoms with van der Waals surface area (Å²) in [7, 11) is 3.52. The third-order valence-electron chi connectivity index (χ3n) is 3.36. The second-order valence-electron chi connectivity index (χ2n) is 5.01. The van der Waals surface area contributed by atoms with Crippen LogP contribution in [0.15, 0.2) is 0 Å². The van der Waals surface area contributed by atoms with Crippen LogP contribution in [-0.4, -0.2) is 39.6 Å². The number of hydrogen-bond acceptors (Lipinski definition) is 3. The van der Waals surface area contributed by atoms with Crippen molar-refractivity contribution >= 4 is 0 Å². The van der Waals surface area contributed by atoms with Crippen molar-refractivity contribution in [3.05, 3.63) is 0 Å². The molecule has 3 heteroatoms. The zero-order valence-corrected chi connectivity index (χ0v) is 11.0. The highest BCUT2D eigenvalue weighted by Gasteiger charge is 2.36. The van der Waals surface area contributed by atoms with E-state index in [1.807, 2.05) is 0 Å². The predicted octanol–water partition coefficient (Wildman–Crippen LogP) is 2.63. The summed E-state index contributed by atoms with van der Waals surface area (Å²) in [5.41, 5.74) is 0.00123.